The Kier molecular flexibility index (Phi) is 5.15. The van der Waals surface area contributed by atoms with Gasteiger partial charge in [-0.3, -0.25) is 9.88 Å². The number of ether oxygens (including phenoxy) is 1. The molecule has 3 nitrogen and oxygen atoms in total. The van der Waals surface area contributed by atoms with Crippen LogP contribution < -0.4 is 4.74 Å². The Bertz CT molecular complexity index is 1330. The molecule has 3 heteroatoms. The van der Waals surface area contributed by atoms with Gasteiger partial charge in [0.2, 0.25) is 0 Å². The fourth-order valence-corrected chi connectivity index (χ4v) is 6.28. The summed E-state index contributed by atoms with van der Waals surface area (Å²) >= 11 is 0. The number of piperidine rings is 3. The molecule has 0 radical (unpaired) electrons. The average molecular weight is 435 g/mol. The Labute approximate surface area is 195 Å². The van der Waals surface area contributed by atoms with Gasteiger partial charge in [-0.2, -0.15) is 0 Å². The SMILES string of the molecule is C=C[C@H]1CN2CC[C@H]1C[C@H]2[C@@H](c1ccc2ccccc2c1)c1ccnc2ccc(OC)cc12. The fourth-order valence-electron chi connectivity index (χ4n) is 6.28. The summed E-state index contributed by atoms with van der Waals surface area (Å²) in [5, 5.41) is 3.78. The first-order valence-electron chi connectivity index (χ1n) is 12.0. The van der Waals surface area contributed by atoms with Crippen molar-refractivity contribution in [1.82, 2.24) is 9.88 Å². The first-order chi connectivity index (χ1) is 16.2. The van der Waals surface area contributed by atoms with Crippen molar-refractivity contribution in [3.8, 4) is 5.75 Å². The molecule has 166 valence electrons. The summed E-state index contributed by atoms with van der Waals surface area (Å²) in [5.74, 6) is 2.50. The molecule has 2 bridgehead atoms. The maximum absolute atomic E-state index is 5.59. The molecule has 1 aromatic heterocycles. The summed E-state index contributed by atoms with van der Waals surface area (Å²) in [4.78, 5) is 7.40. The van der Waals surface area contributed by atoms with Gasteiger partial charge in [0.1, 0.15) is 5.75 Å². The zero-order chi connectivity index (χ0) is 22.4. The van der Waals surface area contributed by atoms with Crippen LogP contribution in [0.3, 0.4) is 0 Å². The van der Waals surface area contributed by atoms with Gasteiger partial charge in [-0.15, -0.1) is 6.58 Å². The van der Waals surface area contributed by atoms with Crippen LogP contribution in [0.1, 0.15) is 29.9 Å². The Balaban J connectivity index is 1.54. The lowest BCUT2D eigenvalue weighted by atomic mass is 9.69. The largest absolute Gasteiger partial charge is 0.497 e. The normalized spacial score (nSPS) is 25.2. The Morgan fingerprint density at radius 1 is 1.06 bits per heavy atom. The molecule has 3 aromatic carbocycles. The monoisotopic (exact) mass is 434 g/mol. The van der Waals surface area contributed by atoms with Crippen molar-refractivity contribution >= 4 is 21.7 Å². The van der Waals surface area contributed by atoms with Crippen molar-refractivity contribution in [2.75, 3.05) is 20.2 Å². The van der Waals surface area contributed by atoms with Crippen LogP contribution in [0.4, 0.5) is 0 Å². The molecule has 7 rings (SSSR count). The second-order valence-electron chi connectivity index (χ2n) is 9.61. The fraction of sp³-hybridized carbons (Fsp3) is 0.300. The molecule has 3 aliphatic heterocycles. The van der Waals surface area contributed by atoms with E-state index in [2.05, 4.69) is 83.2 Å². The number of rotatable bonds is 5. The first kappa shape index (κ1) is 20.4. The third-order valence-electron chi connectivity index (χ3n) is 7.99. The van der Waals surface area contributed by atoms with Gasteiger partial charge in [-0.05, 0) is 77.4 Å². The summed E-state index contributed by atoms with van der Waals surface area (Å²) in [6.45, 7) is 6.43. The number of aromatic nitrogens is 1. The number of hydrogen-bond acceptors (Lipinski definition) is 3. The van der Waals surface area contributed by atoms with Crippen molar-refractivity contribution in [3.05, 3.63) is 96.7 Å². The van der Waals surface area contributed by atoms with Gasteiger partial charge < -0.3 is 4.74 Å². The van der Waals surface area contributed by atoms with Crippen LogP contribution in [-0.2, 0) is 0 Å². The number of nitrogens with zero attached hydrogens (tertiary/aromatic N) is 2. The van der Waals surface area contributed by atoms with Crippen LogP contribution in [0.2, 0.25) is 0 Å². The minimum atomic E-state index is 0.278. The van der Waals surface area contributed by atoms with Crippen molar-refractivity contribution < 1.29 is 4.74 Å². The summed E-state index contributed by atoms with van der Waals surface area (Å²) in [6.07, 6.45) is 6.65. The molecule has 3 fully saturated rings. The summed E-state index contributed by atoms with van der Waals surface area (Å²) in [7, 11) is 1.74. The Morgan fingerprint density at radius 3 is 2.73 bits per heavy atom. The molecule has 3 aliphatic rings. The zero-order valence-corrected chi connectivity index (χ0v) is 19.2. The zero-order valence-electron chi connectivity index (χ0n) is 19.2. The van der Waals surface area contributed by atoms with Gasteiger partial charge in [-0.1, -0.05) is 48.5 Å². The first-order valence-corrected chi connectivity index (χ1v) is 12.0. The minimum Gasteiger partial charge on any atom is -0.497 e. The lowest BCUT2D eigenvalue weighted by Gasteiger charge is -2.52. The quantitative estimate of drug-likeness (QED) is 0.339. The predicted octanol–water partition coefficient (Wildman–Crippen LogP) is 6.42. The highest BCUT2D eigenvalue weighted by atomic mass is 16.5. The molecule has 1 unspecified atom stereocenters. The third-order valence-corrected chi connectivity index (χ3v) is 7.99. The van der Waals surface area contributed by atoms with Gasteiger partial charge in [-0.25, -0.2) is 0 Å². The Morgan fingerprint density at radius 2 is 1.94 bits per heavy atom. The van der Waals surface area contributed by atoms with Crippen LogP contribution >= 0.6 is 0 Å². The second kappa shape index (κ2) is 8.31. The Hall–Kier alpha value is -3.17. The van der Waals surface area contributed by atoms with Crippen molar-refractivity contribution in [3.63, 3.8) is 0 Å². The van der Waals surface area contributed by atoms with Gasteiger partial charge in [0.05, 0.1) is 12.6 Å². The summed E-state index contributed by atoms with van der Waals surface area (Å²) < 4.78 is 5.59. The van der Waals surface area contributed by atoms with Crippen LogP contribution in [0.5, 0.6) is 5.75 Å². The molecule has 0 N–H and O–H groups in total. The van der Waals surface area contributed by atoms with E-state index in [1.54, 1.807) is 7.11 Å². The number of pyridine rings is 1. The summed E-state index contributed by atoms with van der Waals surface area (Å²) in [6, 6.07) is 24.6. The standard InChI is InChI=1S/C30H30N2O/c1-3-20-19-32-15-13-23(20)17-29(32)30(24-9-8-21-6-4-5-7-22(21)16-24)26-12-14-31-28-11-10-25(33-2)18-27(26)28/h3-12,14,16,18,20,23,29-30H,1,13,15,17,19H2,2H3/t20-,23-,29-,30-/m0/s1. The third kappa shape index (κ3) is 3.52. The average Bonchev–Trinajstić information content (AvgIpc) is 2.89. The number of hydrogen-bond donors (Lipinski definition) is 0. The molecule has 4 aromatic rings. The van der Waals surface area contributed by atoms with Gasteiger partial charge >= 0.3 is 0 Å². The number of fused-ring (bicyclic) bond motifs is 5. The maximum Gasteiger partial charge on any atom is 0.119 e. The van der Waals surface area contributed by atoms with Gasteiger partial charge in [0.15, 0.2) is 0 Å². The molecule has 0 saturated carbocycles. The highest BCUT2D eigenvalue weighted by Gasteiger charge is 2.43. The van der Waals surface area contributed by atoms with E-state index in [4.69, 9.17) is 4.74 Å². The topological polar surface area (TPSA) is 25.4 Å². The molecule has 0 amide bonds. The van der Waals surface area contributed by atoms with E-state index in [0.717, 1.165) is 23.7 Å². The molecule has 5 atom stereocenters. The molecule has 4 heterocycles. The molecule has 3 saturated heterocycles. The lowest BCUT2D eigenvalue weighted by Crippen LogP contribution is -2.55. The minimum absolute atomic E-state index is 0.278. The second-order valence-corrected chi connectivity index (χ2v) is 9.61. The van der Waals surface area contributed by atoms with Crippen molar-refractivity contribution in [2.24, 2.45) is 11.8 Å². The predicted molar refractivity (Wildman–Crippen MR) is 136 cm³/mol. The molecular weight excluding hydrogens is 404 g/mol. The van der Waals surface area contributed by atoms with E-state index < -0.39 is 0 Å². The van der Waals surface area contributed by atoms with Gasteiger partial charge in [0.25, 0.3) is 0 Å². The van der Waals surface area contributed by atoms with Crippen LogP contribution in [-0.4, -0.2) is 36.1 Å². The van der Waals surface area contributed by atoms with Crippen molar-refractivity contribution in [1.29, 1.82) is 0 Å². The summed E-state index contributed by atoms with van der Waals surface area (Å²) in [5.41, 5.74) is 3.76. The molecule has 0 aliphatic carbocycles. The lowest BCUT2D eigenvalue weighted by molar-refractivity contribution is 0.0122. The molecule has 0 spiro atoms. The van der Waals surface area contributed by atoms with Crippen LogP contribution in [0, 0.1) is 11.8 Å². The van der Waals surface area contributed by atoms with E-state index in [1.807, 2.05) is 12.3 Å². The van der Waals surface area contributed by atoms with E-state index in [-0.39, 0.29) is 5.92 Å². The maximum atomic E-state index is 5.59. The number of methoxy groups -OCH3 is 1. The van der Waals surface area contributed by atoms with E-state index >= 15 is 0 Å². The van der Waals surface area contributed by atoms with E-state index in [0.29, 0.717) is 12.0 Å². The highest BCUT2D eigenvalue weighted by Crippen LogP contribution is 2.46. The van der Waals surface area contributed by atoms with Gasteiger partial charge in [0, 0.05) is 30.1 Å². The highest BCUT2D eigenvalue weighted by molar-refractivity contribution is 5.86. The van der Waals surface area contributed by atoms with E-state index in [9.17, 15) is 0 Å². The van der Waals surface area contributed by atoms with Crippen molar-refractivity contribution in [2.45, 2.75) is 24.8 Å². The number of benzene rings is 3. The van der Waals surface area contributed by atoms with E-state index in [1.165, 1.54) is 46.7 Å². The molecule has 33 heavy (non-hydrogen) atoms. The van der Waals surface area contributed by atoms with Crippen LogP contribution in [0.15, 0.2) is 85.6 Å². The molecular formula is C30H30N2O. The smallest absolute Gasteiger partial charge is 0.119 e. The van der Waals surface area contributed by atoms with Crippen LogP contribution in [0.25, 0.3) is 21.7 Å².